The molecule has 0 saturated heterocycles. The molecule has 0 amide bonds. The molecule has 0 radical (unpaired) electrons. The molecule has 1 aliphatic rings. The molecule has 108 valence electrons. The molecule has 6 nitrogen and oxygen atoms in total. The van der Waals surface area contributed by atoms with Gasteiger partial charge in [0.2, 0.25) is 10.0 Å². The predicted octanol–water partition coefficient (Wildman–Crippen LogP) is 0.666. The van der Waals surface area contributed by atoms with Crippen molar-refractivity contribution in [3.8, 4) is 0 Å². The van der Waals surface area contributed by atoms with Crippen molar-refractivity contribution in [2.75, 3.05) is 20.1 Å². The van der Waals surface area contributed by atoms with Crippen molar-refractivity contribution in [3.63, 3.8) is 0 Å². The van der Waals surface area contributed by atoms with Crippen LogP contribution >= 0.6 is 0 Å². The van der Waals surface area contributed by atoms with E-state index in [9.17, 15) is 8.42 Å². The highest BCUT2D eigenvalue weighted by Gasteiger charge is 2.32. The van der Waals surface area contributed by atoms with Crippen LogP contribution in [0, 0.1) is 0 Å². The third-order valence-corrected chi connectivity index (χ3v) is 5.51. The van der Waals surface area contributed by atoms with E-state index in [1.165, 1.54) is 10.5 Å². The fraction of sp³-hybridized carbons (Fsp3) is 0.750. The number of likely N-dealkylation sites (N-methyl/N-ethyl adjacent to an activating group) is 1. The molecule has 0 atom stereocenters. The number of hydrogen-bond donors (Lipinski definition) is 1. The fourth-order valence-corrected chi connectivity index (χ4v) is 3.45. The van der Waals surface area contributed by atoms with Gasteiger partial charge in [-0.2, -0.15) is 9.40 Å². The molecular weight excluding hydrogens is 264 g/mol. The molecule has 0 aliphatic heterocycles. The van der Waals surface area contributed by atoms with Gasteiger partial charge in [-0.25, -0.2) is 8.42 Å². The van der Waals surface area contributed by atoms with Gasteiger partial charge in [0, 0.05) is 25.8 Å². The highest BCUT2D eigenvalue weighted by atomic mass is 32.2. The van der Waals surface area contributed by atoms with Crippen LogP contribution in [0.5, 0.6) is 0 Å². The Bertz CT molecular complexity index is 508. The van der Waals surface area contributed by atoms with Crippen LogP contribution in [0.15, 0.2) is 17.3 Å². The molecule has 1 fully saturated rings. The van der Waals surface area contributed by atoms with Crippen molar-refractivity contribution < 1.29 is 8.42 Å². The summed E-state index contributed by atoms with van der Waals surface area (Å²) < 4.78 is 27.9. The van der Waals surface area contributed by atoms with Crippen molar-refractivity contribution in [3.05, 3.63) is 12.4 Å². The largest absolute Gasteiger partial charge is 0.315 e. The second-order valence-electron chi connectivity index (χ2n) is 4.90. The van der Waals surface area contributed by atoms with Gasteiger partial charge in [-0.15, -0.1) is 0 Å². The zero-order valence-electron chi connectivity index (χ0n) is 11.5. The highest BCUT2D eigenvalue weighted by Crippen LogP contribution is 2.28. The van der Waals surface area contributed by atoms with E-state index in [0.717, 1.165) is 32.4 Å². The lowest BCUT2D eigenvalue weighted by molar-refractivity contribution is 0.249. The van der Waals surface area contributed by atoms with E-state index in [4.69, 9.17) is 0 Å². The van der Waals surface area contributed by atoms with Crippen LogP contribution in [0.4, 0.5) is 0 Å². The maximum Gasteiger partial charge on any atom is 0.246 e. The average molecular weight is 286 g/mol. The summed E-state index contributed by atoms with van der Waals surface area (Å²) >= 11 is 0. The van der Waals surface area contributed by atoms with Gasteiger partial charge in [0.05, 0.1) is 12.7 Å². The molecule has 0 aromatic carbocycles. The molecule has 19 heavy (non-hydrogen) atoms. The van der Waals surface area contributed by atoms with Crippen LogP contribution in [0.1, 0.15) is 26.2 Å². The smallest absolute Gasteiger partial charge is 0.246 e. The van der Waals surface area contributed by atoms with Crippen LogP contribution in [-0.4, -0.2) is 48.7 Å². The molecule has 1 N–H and O–H groups in total. The summed E-state index contributed by atoms with van der Waals surface area (Å²) in [6.07, 6.45) is 6.10. The lowest BCUT2D eigenvalue weighted by Crippen LogP contribution is -2.41. The highest BCUT2D eigenvalue weighted by molar-refractivity contribution is 7.89. The molecule has 1 aromatic heterocycles. The maximum absolute atomic E-state index is 12.4. The van der Waals surface area contributed by atoms with Crippen LogP contribution < -0.4 is 5.32 Å². The second-order valence-corrected chi connectivity index (χ2v) is 6.90. The fourth-order valence-electron chi connectivity index (χ4n) is 2.08. The molecule has 7 heteroatoms. The first-order valence-corrected chi connectivity index (χ1v) is 8.21. The summed E-state index contributed by atoms with van der Waals surface area (Å²) in [4.78, 5) is 0.290. The van der Waals surface area contributed by atoms with Gasteiger partial charge in [-0.05, 0) is 19.4 Å². The Balaban J connectivity index is 2.03. The minimum absolute atomic E-state index is 0.162. The summed E-state index contributed by atoms with van der Waals surface area (Å²) in [6, 6.07) is 0.162. The van der Waals surface area contributed by atoms with Gasteiger partial charge in [0.1, 0.15) is 4.90 Å². The SMILES string of the molecule is CCNCCn1cc(S(=O)(=O)N(C)C2CCC2)cn1. The summed E-state index contributed by atoms with van der Waals surface area (Å²) in [5, 5.41) is 7.29. The quantitative estimate of drug-likeness (QED) is 0.748. The molecule has 1 heterocycles. The summed E-state index contributed by atoms with van der Waals surface area (Å²) in [7, 11) is -1.72. The minimum atomic E-state index is -3.38. The van der Waals surface area contributed by atoms with Gasteiger partial charge >= 0.3 is 0 Å². The molecule has 0 unspecified atom stereocenters. The molecule has 1 aliphatic carbocycles. The molecule has 1 aromatic rings. The van der Waals surface area contributed by atoms with Gasteiger partial charge in [-0.3, -0.25) is 4.68 Å². The molecular formula is C12H22N4O2S. The molecule has 0 bridgehead atoms. The first kappa shape index (κ1) is 14.5. The van der Waals surface area contributed by atoms with Crippen molar-refractivity contribution in [1.82, 2.24) is 19.4 Å². The number of hydrogen-bond acceptors (Lipinski definition) is 4. The molecule has 1 saturated carbocycles. The zero-order chi connectivity index (χ0) is 13.9. The number of nitrogens with zero attached hydrogens (tertiary/aromatic N) is 3. The third kappa shape index (κ3) is 3.16. The van der Waals surface area contributed by atoms with Crippen molar-refractivity contribution >= 4 is 10.0 Å². The Hall–Kier alpha value is -0.920. The van der Waals surface area contributed by atoms with E-state index >= 15 is 0 Å². The number of aromatic nitrogens is 2. The number of nitrogens with one attached hydrogen (secondary N) is 1. The van der Waals surface area contributed by atoms with E-state index in [2.05, 4.69) is 10.4 Å². The lowest BCUT2D eigenvalue weighted by atomic mass is 9.94. The minimum Gasteiger partial charge on any atom is -0.315 e. The van der Waals surface area contributed by atoms with E-state index in [0.29, 0.717) is 11.4 Å². The predicted molar refractivity (Wildman–Crippen MR) is 73.4 cm³/mol. The average Bonchev–Trinajstić information content (AvgIpc) is 2.76. The van der Waals surface area contributed by atoms with E-state index in [-0.39, 0.29) is 6.04 Å². The second kappa shape index (κ2) is 6.02. The monoisotopic (exact) mass is 286 g/mol. The molecule has 0 spiro atoms. The Morgan fingerprint density at radius 1 is 1.53 bits per heavy atom. The Kier molecular flexibility index (Phi) is 4.59. The summed E-state index contributed by atoms with van der Waals surface area (Å²) in [6.45, 7) is 4.40. The van der Waals surface area contributed by atoms with E-state index in [1.54, 1.807) is 17.9 Å². The number of rotatable bonds is 7. The van der Waals surface area contributed by atoms with E-state index in [1.807, 2.05) is 6.92 Å². The van der Waals surface area contributed by atoms with Crippen molar-refractivity contribution in [2.45, 2.75) is 43.7 Å². The normalized spacial score (nSPS) is 16.8. The Morgan fingerprint density at radius 2 is 2.26 bits per heavy atom. The first-order valence-electron chi connectivity index (χ1n) is 6.77. The first-order chi connectivity index (χ1) is 9.05. The number of sulfonamides is 1. The van der Waals surface area contributed by atoms with Crippen molar-refractivity contribution in [2.24, 2.45) is 0 Å². The van der Waals surface area contributed by atoms with Crippen LogP contribution in [-0.2, 0) is 16.6 Å². The third-order valence-electron chi connectivity index (χ3n) is 3.64. The topological polar surface area (TPSA) is 67.2 Å². The Morgan fingerprint density at radius 3 is 2.84 bits per heavy atom. The van der Waals surface area contributed by atoms with Gasteiger partial charge in [-0.1, -0.05) is 13.3 Å². The Labute approximate surface area is 114 Å². The lowest BCUT2D eigenvalue weighted by Gasteiger charge is -2.33. The standard InChI is InChI=1S/C12H22N4O2S/c1-3-13-7-8-16-10-12(9-14-16)19(17,18)15(2)11-5-4-6-11/h9-11,13H,3-8H2,1-2H3. The summed E-state index contributed by atoms with van der Waals surface area (Å²) in [5.41, 5.74) is 0. The van der Waals surface area contributed by atoms with Gasteiger partial charge in [0.25, 0.3) is 0 Å². The van der Waals surface area contributed by atoms with Crippen LogP contribution in [0.2, 0.25) is 0 Å². The zero-order valence-corrected chi connectivity index (χ0v) is 12.4. The summed E-state index contributed by atoms with van der Waals surface area (Å²) in [5.74, 6) is 0. The van der Waals surface area contributed by atoms with E-state index < -0.39 is 10.0 Å². The van der Waals surface area contributed by atoms with Crippen molar-refractivity contribution in [1.29, 1.82) is 0 Å². The van der Waals surface area contributed by atoms with Crippen LogP contribution in [0.3, 0.4) is 0 Å². The maximum atomic E-state index is 12.4. The van der Waals surface area contributed by atoms with Gasteiger partial charge in [0.15, 0.2) is 0 Å². The van der Waals surface area contributed by atoms with Gasteiger partial charge < -0.3 is 5.32 Å². The molecule has 2 rings (SSSR count). The van der Waals surface area contributed by atoms with Crippen LogP contribution in [0.25, 0.3) is 0 Å².